The lowest BCUT2D eigenvalue weighted by atomic mass is 9.93. The van der Waals surface area contributed by atoms with E-state index in [-0.39, 0.29) is 6.04 Å². The number of hydrogen-bond acceptors (Lipinski definition) is 1. The molecule has 0 radical (unpaired) electrons. The summed E-state index contributed by atoms with van der Waals surface area (Å²) in [6, 6.07) is 12.3. The van der Waals surface area contributed by atoms with Crippen LogP contribution in [0.3, 0.4) is 0 Å². The number of benzene rings is 2. The van der Waals surface area contributed by atoms with Crippen LogP contribution in [0, 0.1) is 13.8 Å². The van der Waals surface area contributed by atoms with Gasteiger partial charge in [-0.05, 0) is 43.1 Å². The zero-order valence-corrected chi connectivity index (χ0v) is 13.5. The van der Waals surface area contributed by atoms with Crippen LogP contribution in [0.25, 0.3) is 0 Å². The first-order valence-corrected chi connectivity index (χ1v) is 7.54. The van der Waals surface area contributed by atoms with Gasteiger partial charge in [-0.15, -0.1) is 0 Å². The van der Waals surface area contributed by atoms with Gasteiger partial charge in [0.1, 0.15) is 0 Å². The van der Waals surface area contributed by atoms with E-state index in [1.165, 1.54) is 16.7 Å². The summed E-state index contributed by atoms with van der Waals surface area (Å²) in [4.78, 5) is 0. The van der Waals surface area contributed by atoms with Gasteiger partial charge in [-0.1, -0.05) is 66.0 Å². The highest BCUT2D eigenvalue weighted by Gasteiger charge is 2.19. The third kappa shape index (κ3) is 3.17. The van der Waals surface area contributed by atoms with Crippen molar-refractivity contribution in [2.75, 3.05) is 6.54 Å². The van der Waals surface area contributed by atoms with Crippen LogP contribution in [0.5, 0.6) is 0 Å². The largest absolute Gasteiger partial charge is 0.306 e. The Morgan fingerprint density at radius 1 is 1.05 bits per heavy atom. The first-order valence-electron chi connectivity index (χ1n) is 6.79. The van der Waals surface area contributed by atoms with Gasteiger partial charge in [-0.2, -0.15) is 0 Å². The molecule has 0 aliphatic carbocycles. The standard InChI is InChI=1S/C17H19Cl2N/c1-4-20-17(13-9-8-11(2)10-12(13)3)14-6-5-7-15(18)16(14)19/h5-10,17,20H,4H2,1-3H3. The Kier molecular flexibility index (Phi) is 5.09. The molecule has 0 aromatic heterocycles. The molecule has 2 aromatic carbocycles. The second-order valence-electron chi connectivity index (χ2n) is 4.99. The van der Waals surface area contributed by atoms with Crippen LogP contribution >= 0.6 is 23.2 Å². The topological polar surface area (TPSA) is 12.0 Å². The van der Waals surface area contributed by atoms with E-state index < -0.39 is 0 Å². The zero-order valence-electron chi connectivity index (χ0n) is 12.0. The molecule has 2 rings (SSSR count). The van der Waals surface area contributed by atoms with Crippen LogP contribution in [-0.2, 0) is 0 Å². The van der Waals surface area contributed by atoms with Crippen molar-refractivity contribution >= 4 is 23.2 Å². The van der Waals surface area contributed by atoms with E-state index in [1.807, 2.05) is 18.2 Å². The van der Waals surface area contributed by atoms with Gasteiger partial charge in [-0.25, -0.2) is 0 Å². The first kappa shape index (κ1) is 15.4. The summed E-state index contributed by atoms with van der Waals surface area (Å²) in [5.74, 6) is 0. The van der Waals surface area contributed by atoms with Crippen molar-refractivity contribution in [2.24, 2.45) is 0 Å². The number of halogens is 2. The molecule has 0 heterocycles. The fraction of sp³-hybridized carbons (Fsp3) is 0.294. The SMILES string of the molecule is CCNC(c1ccc(C)cc1C)c1cccc(Cl)c1Cl. The van der Waals surface area contributed by atoms with Crippen LogP contribution in [-0.4, -0.2) is 6.54 Å². The Labute approximate surface area is 130 Å². The molecule has 1 N–H and O–H groups in total. The molecule has 0 aliphatic heterocycles. The molecule has 2 aromatic rings. The van der Waals surface area contributed by atoms with Crippen molar-refractivity contribution in [3.05, 3.63) is 68.7 Å². The molecule has 20 heavy (non-hydrogen) atoms. The predicted octanol–water partition coefficient (Wildman–Crippen LogP) is 5.31. The minimum absolute atomic E-state index is 0.0619. The lowest BCUT2D eigenvalue weighted by molar-refractivity contribution is 0.628. The molecular weight excluding hydrogens is 289 g/mol. The van der Waals surface area contributed by atoms with Crippen molar-refractivity contribution in [3.63, 3.8) is 0 Å². The van der Waals surface area contributed by atoms with E-state index in [9.17, 15) is 0 Å². The van der Waals surface area contributed by atoms with E-state index >= 15 is 0 Å². The average Bonchev–Trinajstić information content (AvgIpc) is 2.40. The van der Waals surface area contributed by atoms with Gasteiger partial charge in [0.05, 0.1) is 16.1 Å². The molecule has 0 bridgehead atoms. The minimum Gasteiger partial charge on any atom is -0.306 e. The number of hydrogen-bond donors (Lipinski definition) is 1. The Morgan fingerprint density at radius 3 is 2.45 bits per heavy atom. The Hall–Kier alpha value is -1.02. The van der Waals surface area contributed by atoms with E-state index in [0.29, 0.717) is 10.0 Å². The smallest absolute Gasteiger partial charge is 0.0643 e. The van der Waals surface area contributed by atoms with Crippen LogP contribution in [0.4, 0.5) is 0 Å². The molecule has 3 heteroatoms. The van der Waals surface area contributed by atoms with Gasteiger partial charge in [0, 0.05) is 0 Å². The maximum absolute atomic E-state index is 6.39. The molecule has 0 fully saturated rings. The summed E-state index contributed by atoms with van der Waals surface area (Å²) in [7, 11) is 0. The summed E-state index contributed by atoms with van der Waals surface area (Å²) in [5.41, 5.74) is 4.78. The van der Waals surface area contributed by atoms with Crippen LogP contribution in [0.15, 0.2) is 36.4 Å². The molecule has 0 amide bonds. The average molecular weight is 308 g/mol. The van der Waals surface area contributed by atoms with Gasteiger partial charge in [-0.3, -0.25) is 0 Å². The highest BCUT2D eigenvalue weighted by atomic mass is 35.5. The summed E-state index contributed by atoms with van der Waals surface area (Å²) in [6.45, 7) is 7.19. The highest BCUT2D eigenvalue weighted by Crippen LogP contribution is 2.34. The highest BCUT2D eigenvalue weighted by molar-refractivity contribution is 6.42. The van der Waals surface area contributed by atoms with Crippen LogP contribution in [0.1, 0.15) is 35.2 Å². The van der Waals surface area contributed by atoms with Gasteiger partial charge in [0.2, 0.25) is 0 Å². The third-order valence-electron chi connectivity index (χ3n) is 3.44. The normalized spacial score (nSPS) is 12.4. The third-order valence-corrected chi connectivity index (χ3v) is 4.27. The molecule has 0 saturated heterocycles. The molecule has 0 spiro atoms. The number of aryl methyl sites for hydroxylation is 2. The van der Waals surface area contributed by atoms with Crippen molar-refractivity contribution in [1.29, 1.82) is 0 Å². The molecule has 106 valence electrons. The van der Waals surface area contributed by atoms with E-state index in [2.05, 4.69) is 44.3 Å². The van der Waals surface area contributed by atoms with Gasteiger partial charge >= 0.3 is 0 Å². The van der Waals surface area contributed by atoms with Gasteiger partial charge in [0.25, 0.3) is 0 Å². The fourth-order valence-corrected chi connectivity index (χ4v) is 2.90. The zero-order chi connectivity index (χ0) is 14.7. The molecule has 0 aliphatic rings. The monoisotopic (exact) mass is 307 g/mol. The molecular formula is C17H19Cl2N. The lowest BCUT2D eigenvalue weighted by Crippen LogP contribution is -2.23. The number of rotatable bonds is 4. The lowest BCUT2D eigenvalue weighted by Gasteiger charge is -2.22. The molecule has 1 unspecified atom stereocenters. The van der Waals surface area contributed by atoms with E-state index in [0.717, 1.165) is 12.1 Å². The Balaban J connectivity index is 2.53. The van der Waals surface area contributed by atoms with Crippen molar-refractivity contribution < 1.29 is 0 Å². The van der Waals surface area contributed by atoms with Crippen LogP contribution in [0.2, 0.25) is 10.0 Å². The van der Waals surface area contributed by atoms with Crippen molar-refractivity contribution in [1.82, 2.24) is 5.32 Å². The van der Waals surface area contributed by atoms with E-state index in [1.54, 1.807) is 0 Å². The summed E-state index contributed by atoms with van der Waals surface area (Å²) >= 11 is 12.5. The van der Waals surface area contributed by atoms with Gasteiger partial charge < -0.3 is 5.32 Å². The summed E-state index contributed by atoms with van der Waals surface area (Å²) in [5, 5.41) is 4.72. The Morgan fingerprint density at radius 2 is 1.80 bits per heavy atom. The van der Waals surface area contributed by atoms with Crippen LogP contribution < -0.4 is 5.32 Å². The maximum atomic E-state index is 6.39. The quantitative estimate of drug-likeness (QED) is 0.807. The Bertz CT molecular complexity index is 608. The summed E-state index contributed by atoms with van der Waals surface area (Å²) < 4.78 is 0. The summed E-state index contributed by atoms with van der Waals surface area (Å²) in [6.07, 6.45) is 0. The second-order valence-corrected chi connectivity index (χ2v) is 5.78. The maximum Gasteiger partial charge on any atom is 0.0643 e. The second kappa shape index (κ2) is 6.62. The minimum atomic E-state index is 0.0619. The fourth-order valence-electron chi connectivity index (χ4n) is 2.48. The molecule has 1 nitrogen and oxygen atoms in total. The van der Waals surface area contributed by atoms with Crippen molar-refractivity contribution in [2.45, 2.75) is 26.8 Å². The molecule has 0 saturated carbocycles. The van der Waals surface area contributed by atoms with Gasteiger partial charge in [0.15, 0.2) is 0 Å². The first-order chi connectivity index (χ1) is 9.54. The van der Waals surface area contributed by atoms with E-state index in [4.69, 9.17) is 23.2 Å². The van der Waals surface area contributed by atoms with Crippen molar-refractivity contribution in [3.8, 4) is 0 Å². The molecule has 1 atom stereocenters. The predicted molar refractivity (Wildman–Crippen MR) is 87.9 cm³/mol. The number of nitrogens with one attached hydrogen (secondary N) is 1.